The average molecular weight is 300 g/mol. The fourth-order valence-corrected chi connectivity index (χ4v) is 2.71. The molecule has 1 amide bonds. The first-order valence-electron chi connectivity index (χ1n) is 7.65. The number of rotatable bonds is 5. The van der Waals surface area contributed by atoms with Crippen molar-refractivity contribution in [2.24, 2.45) is 5.92 Å². The van der Waals surface area contributed by atoms with Gasteiger partial charge in [-0.05, 0) is 73.0 Å². The number of piperidine rings is 1. The molecule has 116 valence electrons. The molecule has 1 aliphatic rings. The maximum absolute atomic E-state index is 12.1. The van der Waals surface area contributed by atoms with E-state index in [-0.39, 0.29) is 5.91 Å². The van der Waals surface area contributed by atoms with E-state index in [1.165, 1.54) is 19.2 Å². The monoisotopic (exact) mass is 300 g/mol. The first kappa shape index (κ1) is 14.6. The average Bonchev–Trinajstić information content (AvgIpc) is 3.10. The molecule has 0 bridgehead atoms. The van der Waals surface area contributed by atoms with E-state index in [0.29, 0.717) is 11.5 Å². The van der Waals surface area contributed by atoms with Crippen molar-refractivity contribution in [3.8, 4) is 5.69 Å². The van der Waals surface area contributed by atoms with Crippen LogP contribution in [0.1, 0.15) is 29.6 Å². The van der Waals surface area contributed by atoms with Gasteiger partial charge in [0.2, 0.25) is 0 Å². The molecule has 0 aliphatic carbocycles. The lowest BCUT2D eigenvalue weighted by Gasteiger charge is -2.22. The van der Waals surface area contributed by atoms with Gasteiger partial charge in [0.05, 0.1) is 5.69 Å². The molecule has 1 aliphatic heterocycles. The van der Waals surface area contributed by atoms with Crippen LogP contribution in [0.2, 0.25) is 0 Å². The Morgan fingerprint density at radius 1 is 1.36 bits per heavy atom. The Kier molecular flexibility index (Phi) is 4.75. The van der Waals surface area contributed by atoms with Crippen molar-refractivity contribution >= 4 is 5.91 Å². The Labute approximate surface area is 129 Å². The van der Waals surface area contributed by atoms with Crippen LogP contribution in [0.3, 0.4) is 0 Å². The summed E-state index contributed by atoms with van der Waals surface area (Å²) in [6.45, 7) is 2.91. The lowest BCUT2D eigenvalue weighted by molar-refractivity contribution is 0.0950. The van der Waals surface area contributed by atoms with Gasteiger partial charge in [0, 0.05) is 12.1 Å². The first-order chi connectivity index (χ1) is 10.8. The van der Waals surface area contributed by atoms with Crippen LogP contribution in [-0.4, -0.2) is 45.7 Å². The molecule has 2 N–H and O–H groups in total. The van der Waals surface area contributed by atoms with Gasteiger partial charge in [-0.3, -0.25) is 4.79 Å². The van der Waals surface area contributed by atoms with E-state index in [1.807, 2.05) is 12.1 Å². The SMILES string of the molecule is O=C(NCCC1CCCNC1)c1ccc(-n2cnnn2)cc1. The highest BCUT2D eigenvalue weighted by Crippen LogP contribution is 2.13. The largest absolute Gasteiger partial charge is 0.352 e. The van der Waals surface area contributed by atoms with Crippen LogP contribution in [0.4, 0.5) is 0 Å². The quantitative estimate of drug-likeness (QED) is 0.852. The zero-order chi connectivity index (χ0) is 15.2. The summed E-state index contributed by atoms with van der Waals surface area (Å²) in [6.07, 6.45) is 5.04. The summed E-state index contributed by atoms with van der Waals surface area (Å²) in [7, 11) is 0. The number of hydrogen-bond acceptors (Lipinski definition) is 5. The number of carbonyl (C=O) groups is 1. The van der Waals surface area contributed by atoms with Gasteiger partial charge in [-0.2, -0.15) is 0 Å². The second-order valence-electron chi connectivity index (χ2n) is 5.56. The number of benzene rings is 1. The van der Waals surface area contributed by atoms with Crippen LogP contribution >= 0.6 is 0 Å². The van der Waals surface area contributed by atoms with Crippen LogP contribution in [0.15, 0.2) is 30.6 Å². The summed E-state index contributed by atoms with van der Waals surface area (Å²) in [4.78, 5) is 12.1. The Hall–Kier alpha value is -2.28. The molecule has 0 saturated carbocycles. The summed E-state index contributed by atoms with van der Waals surface area (Å²) in [5.41, 5.74) is 1.48. The molecule has 7 heteroatoms. The number of nitrogens with one attached hydrogen (secondary N) is 2. The van der Waals surface area contributed by atoms with E-state index in [2.05, 4.69) is 26.2 Å². The van der Waals surface area contributed by atoms with Crippen LogP contribution in [0.25, 0.3) is 5.69 Å². The third kappa shape index (κ3) is 3.67. The van der Waals surface area contributed by atoms with Crippen LogP contribution < -0.4 is 10.6 Å². The maximum atomic E-state index is 12.1. The number of amides is 1. The van der Waals surface area contributed by atoms with Gasteiger partial charge in [0.1, 0.15) is 6.33 Å². The second-order valence-corrected chi connectivity index (χ2v) is 5.56. The number of aromatic nitrogens is 4. The molecule has 2 aromatic rings. The highest BCUT2D eigenvalue weighted by atomic mass is 16.1. The normalized spacial score (nSPS) is 18.1. The van der Waals surface area contributed by atoms with Gasteiger partial charge in [-0.1, -0.05) is 0 Å². The highest BCUT2D eigenvalue weighted by Gasteiger charge is 2.13. The predicted molar refractivity (Wildman–Crippen MR) is 81.7 cm³/mol. The Morgan fingerprint density at radius 3 is 2.91 bits per heavy atom. The smallest absolute Gasteiger partial charge is 0.251 e. The van der Waals surface area contributed by atoms with Crippen molar-refractivity contribution in [3.05, 3.63) is 36.2 Å². The van der Waals surface area contributed by atoms with E-state index in [0.717, 1.165) is 31.7 Å². The molecule has 0 spiro atoms. The first-order valence-corrected chi connectivity index (χ1v) is 7.65. The van der Waals surface area contributed by atoms with Crippen LogP contribution in [0.5, 0.6) is 0 Å². The minimum absolute atomic E-state index is 0.0352. The molecule has 2 heterocycles. The van der Waals surface area contributed by atoms with Gasteiger partial charge < -0.3 is 10.6 Å². The summed E-state index contributed by atoms with van der Waals surface area (Å²) in [5, 5.41) is 17.4. The molecule has 1 atom stereocenters. The third-order valence-electron chi connectivity index (χ3n) is 3.98. The van der Waals surface area contributed by atoms with E-state index in [9.17, 15) is 4.79 Å². The molecule has 7 nitrogen and oxygen atoms in total. The number of carbonyl (C=O) groups excluding carboxylic acids is 1. The second kappa shape index (κ2) is 7.13. The van der Waals surface area contributed by atoms with Gasteiger partial charge in [-0.15, -0.1) is 5.10 Å². The van der Waals surface area contributed by atoms with Gasteiger partial charge in [-0.25, -0.2) is 4.68 Å². The zero-order valence-corrected chi connectivity index (χ0v) is 12.4. The van der Waals surface area contributed by atoms with Crippen molar-refractivity contribution in [2.45, 2.75) is 19.3 Å². The lowest BCUT2D eigenvalue weighted by atomic mass is 9.96. The fourth-order valence-electron chi connectivity index (χ4n) is 2.71. The van der Waals surface area contributed by atoms with E-state index in [1.54, 1.807) is 16.8 Å². The number of hydrogen-bond donors (Lipinski definition) is 2. The Bertz CT molecular complexity index is 589. The molecule has 0 radical (unpaired) electrons. The van der Waals surface area contributed by atoms with Crippen LogP contribution in [0, 0.1) is 5.92 Å². The number of nitrogens with zero attached hydrogens (tertiary/aromatic N) is 4. The Morgan fingerprint density at radius 2 is 2.23 bits per heavy atom. The molecule has 3 rings (SSSR count). The lowest BCUT2D eigenvalue weighted by Crippen LogP contribution is -2.33. The van der Waals surface area contributed by atoms with E-state index in [4.69, 9.17) is 0 Å². The molecule has 1 saturated heterocycles. The van der Waals surface area contributed by atoms with E-state index >= 15 is 0 Å². The topological polar surface area (TPSA) is 84.7 Å². The van der Waals surface area contributed by atoms with Crippen molar-refractivity contribution in [1.82, 2.24) is 30.8 Å². The third-order valence-corrected chi connectivity index (χ3v) is 3.98. The highest BCUT2D eigenvalue weighted by molar-refractivity contribution is 5.94. The minimum Gasteiger partial charge on any atom is -0.352 e. The standard InChI is InChI=1S/C15H20N6O/c22-15(17-9-7-12-2-1-8-16-10-12)13-3-5-14(6-4-13)21-11-18-19-20-21/h3-6,11-12,16H,1-2,7-10H2,(H,17,22). The van der Waals surface area contributed by atoms with Crippen molar-refractivity contribution < 1.29 is 4.79 Å². The summed E-state index contributed by atoms with van der Waals surface area (Å²) in [6, 6.07) is 7.23. The molecule has 1 fully saturated rings. The van der Waals surface area contributed by atoms with Crippen molar-refractivity contribution in [3.63, 3.8) is 0 Å². The van der Waals surface area contributed by atoms with Gasteiger partial charge in [0.15, 0.2) is 0 Å². The zero-order valence-electron chi connectivity index (χ0n) is 12.4. The predicted octanol–water partition coefficient (Wildman–Crippen LogP) is 0.782. The van der Waals surface area contributed by atoms with Crippen molar-refractivity contribution in [2.75, 3.05) is 19.6 Å². The van der Waals surface area contributed by atoms with Gasteiger partial charge >= 0.3 is 0 Å². The number of tetrazole rings is 1. The maximum Gasteiger partial charge on any atom is 0.251 e. The minimum atomic E-state index is -0.0352. The molecule has 22 heavy (non-hydrogen) atoms. The summed E-state index contributed by atoms with van der Waals surface area (Å²) >= 11 is 0. The van der Waals surface area contributed by atoms with Crippen LogP contribution in [-0.2, 0) is 0 Å². The van der Waals surface area contributed by atoms with Crippen molar-refractivity contribution in [1.29, 1.82) is 0 Å². The fraction of sp³-hybridized carbons (Fsp3) is 0.467. The molecule has 1 aromatic carbocycles. The summed E-state index contributed by atoms with van der Waals surface area (Å²) in [5.74, 6) is 0.642. The summed E-state index contributed by atoms with van der Waals surface area (Å²) < 4.78 is 1.55. The molecule has 1 aromatic heterocycles. The Balaban J connectivity index is 1.49. The molecule has 1 unspecified atom stereocenters. The molecular formula is C15H20N6O. The van der Waals surface area contributed by atoms with E-state index < -0.39 is 0 Å². The molecular weight excluding hydrogens is 280 g/mol. The van der Waals surface area contributed by atoms with Gasteiger partial charge in [0.25, 0.3) is 5.91 Å².